The van der Waals surface area contributed by atoms with Crippen molar-refractivity contribution in [2.24, 2.45) is 5.73 Å². The maximum atomic E-state index is 14.0. The quantitative estimate of drug-likeness (QED) is 0.891. The first kappa shape index (κ1) is 15.9. The predicted molar refractivity (Wildman–Crippen MR) is 79.3 cm³/mol. The normalized spacial score (nSPS) is 14.0. The van der Waals surface area contributed by atoms with Gasteiger partial charge in [0.1, 0.15) is 11.6 Å². The Hall–Kier alpha value is -1.49. The summed E-state index contributed by atoms with van der Waals surface area (Å²) in [5, 5.41) is 10.1. The van der Waals surface area contributed by atoms with Gasteiger partial charge in [0.05, 0.1) is 6.61 Å². The van der Waals surface area contributed by atoms with Crippen molar-refractivity contribution in [3.05, 3.63) is 70.2 Å². The topological polar surface area (TPSA) is 46.2 Å². The lowest BCUT2D eigenvalue weighted by molar-refractivity contribution is 0.195. The first-order chi connectivity index (χ1) is 10.0. The van der Waals surface area contributed by atoms with E-state index in [-0.39, 0.29) is 25.4 Å². The molecule has 0 bridgehead atoms. The molecule has 0 aliphatic rings. The summed E-state index contributed by atoms with van der Waals surface area (Å²) >= 11 is 5.73. The van der Waals surface area contributed by atoms with Gasteiger partial charge in [0.15, 0.2) is 0 Å². The second-order valence-electron chi connectivity index (χ2n) is 5.06. The fourth-order valence-corrected chi connectivity index (χ4v) is 2.50. The molecule has 0 saturated carbocycles. The standard InChI is InChI=1S/C16H16ClF2NO/c17-13-4-1-11(15(19)7-13)8-16(9-20,10-21)12-2-5-14(18)6-3-12/h1-7,21H,8-10,20H2. The van der Waals surface area contributed by atoms with Crippen molar-refractivity contribution in [3.8, 4) is 0 Å². The molecule has 2 aromatic rings. The molecule has 0 aromatic heterocycles. The molecule has 0 aliphatic carbocycles. The van der Waals surface area contributed by atoms with Crippen LogP contribution in [0.25, 0.3) is 0 Å². The van der Waals surface area contributed by atoms with Crippen molar-refractivity contribution in [2.75, 3.05) is 13.2 Å². The van der Waals surface area contributed by atoms with E-state index in [1.54, 1.807) is 24.3 Å². The third-order valence-electron chi connectivity index (χ3n) is 3.69. The van der Waals surface area contributed by atoms with Gasteiger partial charge in [-0.05, 0) is 41.8 Å². The third kappa shape index (κ3) is 3.40. The van der Waals surface area contributed by atoms with Crippen LogP contribution in [0.5, 0.6) is 0 Å². The van der Waals surface area contributed by atoms with Crippen LogP contribution >= 0.6 is 11.6 Å². The molecule has 5 heteroatoms. The molecule has 0 aliphatic heterocycles. The summed E-state index contributed by atoms with van der Waals surface area (Å²) in [5.41, 5.74) is 6.03. The van der Waals surface area contributed by atoms with Crippen LogP contribution in [0.4, 0.5) is 8.78 Å². The van der Waals surface area contributed by atoms with Gasteiger partial charge in [0.2, 0.25) is 0 Å². The van der Waals surface area contributed by atoms with E-state index < -0.39 is 11.2 Å². The van der Waals surface area contributed by atoms with Gasteiger partial charge in [0.25, 0.3) is 0 Å². The molecular formula is C16H16ClF2NO. The van der Waals surface area contributed by atoms with Gasteiger partial charge in [-0.2, -0.15) is 0 Å². The van der Waals surface area contributed by atoms with Crippen LogP contribution in [0.1, 0.15) is 11.1 Å². The van der Waals surface area contributed by atoms with Gasteiger partial charge in [0, 0.05) is 17.0 Å². The zero-order valence-corrected chi connectivity index (χ0v) is 12.1. The highest BCUT2D eigenvalue weighted by Gasteiger charge is 2.31. The number of rotatable bonds is 5. The smallest absolute Gasteiger partial charge is 0.127 e. The predicted octanol–water partition coefficient (Wildman–Crippen LogP) is 3.05. The van der Waals surface area contributed by atoms with E-state index in [9.17, 15) is 13.9 Å². The van der Waals surface area contributed by atoms with Crippen molar-refractivity contribution in [1.29, 1.82) is 0 Å². The Bertz CT molecular complexity index is 612. The summed E-state index contributed by atoms with van der Waals surface area (Å²) in [7, 11) is 0. The Morgan fingerprint density at radius 3 is 2.29 bits per heavy atom. The second-order valence-corrected chi connectivity index (χ2v) is 5.50. The number of aliphatic hydroxyl groups is 1. The van der Waals surface area contributed by atoms with Crippen LogP contribution in [0.3, 0.4) is 0 Å². The van der Waals surface area contributed by atoms with E-state index in [0.29, 0.717) is 16.1 Å². The highest BCUT2D eigenvalue weighted by Crippen LogP contribution is 2.29. The van der Waals surface area contributed by atoms with E-state index in [0.717, 1.165) is 0 Å². The lowest BCUT2D eigenvalue weighted by Gasteiger charge is -2.31. The van der Waals surface area contributed by atoms with Crippen molar-refractivity contribution >= 4 is 11.6 Å². The Balaban J connectivity index is 2.40. The van der Waals surface area contributed by atoms with Crippen molar-refractivity contribution in [3.63, 3.8) is 0 Å². The van der Waals surface area contributed by atoms with E-state index in [1.165, 1.54) is 18.2 Å². The molecule has 0 amide bonds. The van der Waals surface area contributed by atoms with Crippen LogP contribution in [0.2, 0.25) is 5.02 Å². The molecule has 2 nitrogen and oxygen atoms in total. The summed E-state index contributed by atoms with van der Waals surface area (Å²) in [6.07, 6.45) is 0.203. The van der Waals surface area contributed by atoms with Crippen molar-refractivity contribution in [1.82, 2.24) is 0 Å². The maximum Gasteiger partial charge on any atom is 0.127 e. The van der Waals surface area contributed by atoms with Crippen LogP contribution in [-0.2, 0) is 11.8 Å². The summed E-state index contributed by atoms with van der Waals surface area (Å²) in [5.74, 6) is -0.823. The number of aliphatic hydroxyl groups excluding tert-OH is 1. The van der Waals surface area contributed by atoms with Gasteiger partial charge >= 0.3 is 0 Å². The van der Waals surface area contributed by atoms with E-state index in [4.69, 9.17) is 17.3 Å². The molecule has 0 radical (unpaired) electrons. The highest BCUT2D eigenvalue weighted by atomic mass is 35.5. The average Bonchev–Trinajstić information content (AvgIpc) is 2.48. The zero-order valence-electron chi connectivity index (χ0n) is 11.3. The van der Waals surface area contributed by atoms with Gasteiger partial charge in [-0.3, -0.25) is 0 Å². The molecular weight excluding hydrogens is 296 g/mol. The molecule has 0 heterocycles. The Labute approximate surface area is 127 Å². The molecule has 0 spiro atoms. The number of hydrogen-bond donors (Lipinski definition) is 2. The summed E-state index contributed by atoms with van der Waals surface area (Å²) < 4.78 is 27.0. The summed E-state index contributed by atoms with van der Waals surface area (Å²) in [4.78, 5) is 0. The number of nitrogens with two attached hydrogens (primary N) is 1. The number of hydrogen-bond acceptors (Lipinski definition) is 2. The van der Waals surface area contributed by atoms with Crippen LogP contribution in [-0.4, -0.2) is 18.3 Å². The van der Waals surface area contributed by atoms with Gasteiger partial charge in [-0.15, -0.1) is 0 Å². The van der Waals surface area contributed by atoms with Gasteiger partial charge in [-0.1, -0.05) is 29.8 Å². The minimum absolute atomic E-state index is 0.108. The molecule has 1 atom stereocenters. The van der Waals surface area contributed by atoms with Crippen LogP contribution < -0.4 is 5.73 Å². The maximum absolute atomic E-state index is 14.0. The molecule has 2 rings (SSSR count). The second kappa shape index (κ2) is 6.52. The minimum Gasteiger partial charge on any atom is -0.395 e. The van der Waals surface area contributed by atoms with E-state index in [2.05, 4.69) is 0 Å². The molecule has 112 valence electrons. The largest absolute Gasteiger partial charge is 0.395 e. The Kier molecular flexibility index (Phi) is 4.93. The van der Waals surface area contributed by atoms with Gasteiger partial charge in [-0.25, -0.2) is 8.78 Å². The summed E-state index contributed by atoms with van der Waals surface area (Å²) in [6.45, 7) is -0.158. The fraction of sp³-hybridized carbons (Fsp3) is 0.250. The van der Waals surface area contributed by atoms with Crippen molar-refractivity contribution < 1.29 is 13.9 Å². The lowest BCUT2D eigenvalue weighted by atomic mass is 9.76. The van der Waals surface area contributed by atoms with E-state index in [1.807, 2.05) is 0 Å². The molecule has 0 saturated heterocycles. The fourth-order valence-electron chi connectivity index (χ4n) is 2.34. The molecule has 3 N–H and O–H groups in total. The van der Waals surface area contributed by atoms with Crippen LogP contribution in [0.15, 0.2) is 42.5 Å². The SMILES string of the molecule is NCC(CO)(Cc1ccc(Cl)cc1F)c1ccc(F)cc1. The third-order valence-corrected chi connectivity index (χ3v) is 3.93. The first-order valence-electron chi connectivity index (χ1n) is 6.52. The Morgan fingerprint density at radius 1 is 1.10 bits per heavy atom. The number of halogens is 3. The van der Waals surface area contributed by atoms with Crippen LogP contribution in [0, 0.1) is 11.6 Å². The molecule has 1 unspecified atom stereocenters. The molecule has 21 heavy (non-hydrogen) atoms. The highest BCUT2D eigenvalue weighted by molar-refractivity contribution is 6.30. The number of benzene rings is 2. The molecule has 2 aromatic carbocycles. The lowest BCUT2D eigenvalue weighted by Crippen LogP contribution is -2.41. The monoisotopic (exact) mass is 311 g/mol. The minimum atomic E-state index is -0.859. The van der Waals surface area contributed by atoms with Crippen molar-refractivity contribution in [2.45, 2.75) is 11.8 Å². The Morgan fingerprint density at radius 2 is 1.76 bits per heavy atom. The first-order valence-corrected chi connectivity index (χ1v) is 6.89. The van der Waals surface area contributed by atoms with E-state index >= 15 is 0 Å². The average molecular weight is 312 g/mol. The van der Waals surface area contributed by atoms with Gasteiger partial charge < -0.3 is 10.8 Å². The summed E-state index contributed by atoms with van der Waals surface area (Å²) in [6, 6.07) is 10.1. The zero-order chi connectivity index (χ0) is 15.5. The molecule has 0 fully saturated rings.